The van der Waals surface area contributed by atoms with Gasteiger partial charge in [0.05, 0.1) is 12.1 Å². The van der Waals surface area contributed by atoms with Gasteiger partial charge in [-0.1, -0.05) is 20.8 Å². The van der Waals surface area contributed by atoms with Crippen LogP contribution in [0.3, 0.4) is 0 Å². The largest absolute Gasteiger partial charge is 0.299 e. The molecule has 0 aliphatic carbocycles. The summed E-state index contributed by atoms with van der Waals surface area (Å²) in [4.78, 5) is 0. The SMILES string of the molecule is CCC(C#N)NC(CC)CC. The molecule has 0 fully saturated rings. The molecular formula is C9H18N2. The first-order valence-electron chi connectivity index (χ1n) is 4.44. The van der Waals surface area contributed by atoms with Crippen LogP contribution in [0, 0.1) is 11.3 Å². The predicted octanol–water partition coefficient (Wildman–Crippen LogP) is 2.07. The monoisotopic (exact) mass is 154 g/mol. The van der Waals surface area contributed by atoms with Crippen molar-refractivity contribution in [3.05, 3.63) is 0 Å². The molecule has 0 radical (unpaired) electrons. The van der Waals surface area contributed by atoms with E-state index in [0.29, 0.717) is 6.04 Å². The minimum Gasteiger partial charge on any atom is -0.299 e. The van der Waals surface area contributed by atoms with E-state index < -0.39 is 0 Å². The summed E-state index contributed by atoms with van der Waals surface area (Å²) in [5, 5.41) is 11.9. The highest BCUT2D eigenvalue weighted by atomic mass is 14.9. The predicted molar refractivity (Wildman–Crippen MR) is 47.2 cm³/mol. The van der Waals surface area contributed by atoms with Gasteiger partial charge in [0.2, 0.25) is 0 Å². The fourth-order valence-corrected chi connectivity index (χ4v) is 1.06. The minimum absolute atomic E-state index is 0.0416. The van der Waals surface area contributed by atoms with E-state index >= 15 is 0 Å². The van der Waals surface area contributed by atoms with Crippen molar-refractivity contribution in [2.75, 3.05) is 0 Å². The molecule has 0 rings (SSSR count). The summed E-state index contributed by atoms with van der Waals surface area (Å²) in [7, 11) is 0. The number of nitrogens with zero attached hydrogens (tertiary/aromatic N) is 1. The zero-order valence-electron chi connectivity index (χ0n) is 7.72. The van der Waals surface area contributed by atoms with Crippen molar-refractivity contribution in [3.63, 3.8) is 0 Å². The fraction of sp³-hybridized carbons (Fsp3) is 0.889. The van der Waals surface area contributed by atoms with Crippen LogP contribution in [0.2, 0.25) is 0 Å². The molecule has 0 aliphatic rings. The molecular weight excluding hydrogens is 136 g/mol. The van der Waals surface area contributed by atoms with Crippen LogP contribution >= 0.6 is 0 Å². The highest BCUT2D eigenvalue weighted by Crippen LogP contribution is 1.99. The molecule has 0 aliphatic heterocycles. The lowest BCUT2D eigenvalue weighted by molar-refractivity contribution is 0.444. The van der Waals surface area contributed by atoms with Gasteiger partial charge < -0.3 is 0 Å². The van der Waals surface area contributed by atoms with Gasteiger partial charge in [0.15, 0.2) is 0 Å². The van der Waals surface area contributed by atoms with Gasteiger partial charge >= 0.3 is 0 Å². The number of hydrogen-bond acceptors (Lipinski definition) is 2. The Morgan fingerprint density at radius 2 is 1.73 bits per heavy atom. The maximum Gasteiger partial charge on any atom is 0.0952 e. The molecule has 0 heterocycles. The lowest BCUT2D eigenvalue weighted by Crippen LogP contribution is -2.36. The summed E-state index contributed by atoms with van der Waals surface area (Å²) in [6.45, 7) is 6.32. The maximum atomic E-state index is 8.65. The van der Waals surface area contributed by atoms with Crippen LogP contribution in [0.1, 0.15) is 40.0 Å². The molecule has 1 atom stereocenters. The van der Waals surface area contributed by atoms with Gasteiger partial charge in [-0.25, -0.2) is 0 Å². The molecule has 0 aromatic carbocycles. The molecule has 1 N–H and O–H groups in total. The number of hydrogen-bond donors (Lipinski definition) is 1. The normalized spacial score (nSPS) is 13.0. The molecule has 0 amide bonds. The number of nitrogens with one attached hydrogen (secondary N) is 1. The van der Waals surface area contributed by atoms with Crippen molar-refractivity contribution in [2.24, 2.45) is 0 Å². The third-order valence-electron chi connectivity index (χ3n) is 1.99. The van der Waals surface area contributed by atoms with Gasteiger partial charge in [-0.3, -0.25) is 5.32 Å². The Balaban J connectivity index is 3.70. The number of nitriles is 1. The van der Waals surface area contributed by atoms with E-state index in [1.165, 1.54) is 0 Å². The molecule has 0 saturated carbocycles. The van der Waals surface area contributed by atoms with Crippen molar-refractivity contribution in [1.82, 2.24) is 5.32 Å². The summed E-state index contributed by atoms with van der Waals surface area (Å²) < 4.78 is 0. The zero-order chi connectivity index (χ0) is 8.69. The molecule has 0 bridgehead atoms. The first-order chi connectivity index (χ1) is 5.28. The molecule has 0 saturated heterocycles. The second kappa shape index (κ2) is 6.18. The lowest BCUT2D eigenvalue weighted by atomic mass is 10.1. The second-order valence-corrected chi connectivity index (χ2v) is 2.77. The van der Waals surface area contributed by atoms with Crippen LogP contribution in [0.5, 0.6) is 0 Å². The van der Waals surface area contributed by atoms with Crippen LogP contribution in [0.25, 0.3) is 0 Å². The van der Waals surface area contributed by atoms with Gasteiger partial charge in [0.25, 0.3) is 0 Å². The Morgan fingerprint density at radius 1 is 1.18 bits per heavy atom. The van der Waals surface area contributed by atoms with Crippen molar-refractivity contribution >= 4 is 0 Å². The van der Waals surface area contributed by atoms with E-state index in [1.54, 1.807) is 0 Å². The van der Waals surface area contributed by atoms with Crippen molar-refractivity contribution in [1.29, 1.82) is 5.26 Å². The average molecular weight is 154 g/mol. The first-order valence-corrected chi connectivity index (χ1v) is 4.44. The summed E-state index contributed by atoms with van der Waals surface area (Å²) in [5.41, 5.74) is 0. The van der Waals surface area contributed by atoms with Crippen LogP contribution in [0.4, 0.5) is 0 Å². The average Bonchev–Trinajstić information content (AvgIpc) is 2.07. The van der Waals surface area contributed by atoms with Gasteiger partial charge in [-0.2, -0.15) is 5.26 Å². The summed E-state index contributed by atoms with van der Waals surface area (Å²) in [5.74, 6) is 0. The van der Waals surface area contributed by atoms with Crippen molar-refractivity contribution in [3.8, 4) is 6.07 Å². The highest BCUT2D eigenvalue weighted by Gasteiger charge is 2.08. The molecule has 1 unspecified atom stereocenters. The van der Waals surface area contributed by atoms with Crippen LogP contribution in [-0.2, 0) is 0 Å². The molecule has 0 spiro atoms. The third kappa shape index (κ3) is 4.00. The summed E-state index contributed by atoms with van der Waals surface area (Å²) in [6.07, 6.45) is 3.11. The quantitative estimate of drug-likeness (QED) is 0.658. The minimum atomic E-state index is 0.0416. The van der Waals surface area contributed by atoms with Crippen LogP contribution in [0.15, 0.2) is 0 Å². The fourth-order valence-electron chi connectivity index (χ4n) is 1.06. The Hall–Kier alpha value is -0.550. The van der Waals surface area contributed by atoms with Gasteiger partial charge in [-0.15, -0.1) is 0 Å². The van der Waals surface area contributed by atoms with Crippen LogP contribution in [-0.4, -0.2) is 12.1 Å². The Kier molecular flexibility index (Phi) is 5.87. The maximum absolute atomic E-state index is 8.65. The lowest BCUT2D eigenvalue weighted by Gasteiger charge is -2.17. The van der Waals surface area contributed by atoms with E-state index in [2.05, 4.69) is 25.2 Å². The standard InChI is InChI=1S/C9H18N2/c1-4-8(5-2)11-9(6-3)7-10/h8-9,11H,4-6H2,1-3H3. The Labute approximate surface area is 69.6 Å². The summed E-state index contributed by atoms with van der Waals surface area (Å²) >= 11 is 0. The van der Waals surface area contributed by atoms with E-state index in [0.717, 1.165) is 19.3 Å². The summed E-state index contributed by atoms with van der Waals surface area (Å²) in [6, 6.07) is 2.79. The smallest absolute Gasteiger partial charge is 0.0952 e. The van der Waals surface area contributed by atoms with Gasteiger partial charge in [0.1, 0.15) is 0 Å². The second-order valence-electron chi connectivity index (χ2n) is 2.77. The molecule has 2 nitrogen and oxygen atoms in total. The van der Waals surface area contributed by atoms with E-state index in [4.69, 9.17) is 5.26 Å². The highest BCUT2D eigenvalue weighted by molar-refractivity contribution is 4.90. The van der Waals surface area contributed by atoms with Crippen molar-refractivity contribution in [2.45, 2.75) is 52.1 Å². The topological polar surface area (TPSA) is 35.8 Å². The van der Waals surface area contributed by atoms with Gasteiger partial charge in [0, 0.05) is 6.04 Å². The first kappa shape index (κ1) is 10.4. The molecule has 2 heteroatoms. The van der Waals surface area contributed by atoms with Crippen LogP contribution < -0.4 is 5.32 Å². The number of rotatable bonds is 5. The van der Waals surface area contributed by atoms with Gasteiger partial charge in [-0.05, 0) is 19.3 Å². The Morgan fingerprint density at radius 3 is 2.00 bits per heavy atom. The zero-order valence-corrected chi connectivity index (χ0v) is 7.72. The molecule has 64 valence electrons. The molecule has 11 heavy (non-hydrogen) atoms. The Bertz CT molecular complexity index is 122. The van der Waals surface area contributed by atoms with E-state index in [1.807, 2.05) is 6.92 Å². The third-order valence-corrected chi connectivity index (χ3v) is 1.99. The molecule has 0 aromatic rings. The van der Waals surface area contributed by atoms with E-state index in [9.17, 15) is 0 Å². The van der Waals surface area contributed by atoms with E-state index in [-0.39, 0.29) is 6.04 Å². The van der Waals surface area contributed by atoms with Crippen molar-refractivity contribution < 1.29 is 0 Å². The molecule has 0 aromatic heterocycles.